The summed E-state index contributed by atoms with van der Waals surface area (Å²) in [5.41, 5.74) is 4.06. The van der Waals surface area contributed by atoms with Gasteiger partial charge < -0.3 is 5.32 Å². The lowest BCUT2D eigenvalue weighted by Crippen LogP contribution is -2.08. The molecule has 5 heteroatoms. The largest absolute Gasteiger partial charge is 0.370 e. The molecule has 1 N–H and O–H groups in total. The zero-order chi connectivity index (χ0) is 13.0. The van der Waals surface area contributed by atoms with Crippen molar-refractivity contribution >= 4 is 17.2 Å². The molecule has 0 aliphatic rings. The van der Waals surface area contributed by atoms with Gasteiger partial charge in [0.05, 0.1) is 10.4 Å². The Morgan fingerprint density at radius 3 is 2.72 bits per heavy atom. The standard InChI is InChI=1S/C13H18N4S/c1-4-6-15-12-9(3)10(5-2)16-13(17-12)11-7-14-8-18-11/h7-8H,4-6H2,1-3H3,(H,15,16,17). The Morgan fingerprint density at radius 1 is 1.28 bits per heavy atom. The molecule has 2 aromatic heterocycles. The summed E-state index contributed by atoms with van der Waals surface area (Å²) in [5, 5.41) is 3.37. The highest BCUT2D eigenvalue weighted by Crippen LogP contribution is 2.24. The van der Waals surface area contributed by atoms with Crippen molar-refractivity contribution in [3.63, 3.8) is 0 Å². The Morgan fingerprint density at radius 2 is 2.11 bits per heavy atom. The minimum absolute atomic E-state index is 0.776. The van der Waals surface area contributed by atoms with E-state index in [4.69, 9.17) is 0 Å². The average Bonchev–Trinajstić information content (AvgIpc) is 2.91. The second kappa shape index (κ2) is 5.91. The van der Waals surface area contributed by atoms with E-state index >= 15 is 0 Å². The van der Waals surface area contributed by atoms with Gasteiger partial charge in [-0.25, -0.2) is 9.97 Å². The second-order valence-corrected chi connectivity index (χ2v) is 5.00. The van der Waals surface area contributed by atoms with Gasteiger partial charge in [-0.15, -0.1) is 11.3 Å². The summed E-state index contributed by atoms with van der Waals surface area (Å²) >= 11 is 1.57. The van der Waals surface area contributed by atoms with Gasteiger partial charge in [0.2, 0.25) is 0 Å². The van der Waals surface area contributed by atoms with Gasteiger partial charge in [0, 0.05) is 24.0 Å². The molecule has 0 bridgehead atoms. The molecule has 0 fully saturated rings. The zero-order valence-corrected chi connectivity index (χ0v) is 11.8. The van der Waals surface area contributed by atoms with Gasteiger partial charge in [0.25, 0.3) is 0 Å². The Hall–Kier alpha value is -1.49. The lowest BCUT2D eigenvalue weighted by atomic mass is 10.2. The Bertz CT molecular complexity index is 508. The Balaban J connectivity index is 2.42. The van der Waals surface area contributed by atoms with E-state index in [2.05, 4.69) is 41.0 Å². The predicted molar refractivity (Wildman–Crippen MR) is 76.0 cm³/mol. The van der Waals surface area contributed by atoms with Crippen molar-refractivity contribution < 1.29 is 0 Å². The van der Waals surface area contributed by atoms with E-state index in [0.717, 1.165) is 47.2 Å². The third-order valence-corrected chi connectivity index (χ3v) is 3.55. The molecular formula is C13H18N4S. The maximum absolute atomic E-state index is 4.62. The lowest BCUT2D eigenvalue weighted by Gasteiger charge is -2.12. The molecule has 0 aliphatic heterocycles. The Kier molecular flexibility index (Phi) is 4.25. The van der Waals surface area contributed by atoms with Gasteiger partial charge in [-0.3, -0.25) is 4.98 Å². The molecule has 2 aromatic rings. The number of hydrogen-bond donors (Lipinski definition) is 1. The van der Waals surface area contributed by atoms with E-state index in [-0.39, 0.29) is 0 Å². The molecule has 0 atom stereocenters. The summed E-state index contributed by atoms with van der Waals surface area (Å²) < 4.78 is 0. The van der Waals surface area contributed by atoms with E-state index in [1.165, 1.54) is 0 Å². The van der Waals surface area contributed by atoms with Crippen molar-refractivity contribution in [2.75, 3.05) is 11.9 Å². The van der Waals surface area contributed by atoms with Crippen LogP contribution < -0.4 is 5.32 Å². The van der Waals surface area contributed by atoms with Crippen molar-refractivity contribution in [1.29, 1.82) is 0 Å². The van der Waals surface area contributed by atoms with E-state index in [0.29, 0.717) is 0 Å². The van der Waals surface area contributed by atoms with Gasteiger partial charge in [0.1, 0.15) is 5.82 Å². The first-order chi connectivity index (χ1) is 8.76. The fourth-order valence-electron chi connectivity index (χ4n) is 1.76. The van der Waals surface area contributed by atoms with Crippen LogP contribution in [0.4, 0.5) is 5.82 Å². The molecule has 18 heavy (non-hydrogen) atoms. The van der Waals surface area contributed by atoms with Crippen molar-refractivity contribution in [2.45, 2.75) is 33.6 Å². The lowest BCUT2D eigenvalue weighted by molar-refractivity contribution is 0.937. The summed E-state index contributed by atoms with van der Waals surface area (Å²) in [6.07, 6.45) is 3.82. The maximum Gasteiger partial charge on any atom is 0.173 e. The van der Waals surface area contributed by atoms with E-state index in [1.807, 2.05) is 11.7 Å². The minimum atomic E-state index is 0.776. The highest BCUT2D eigenvalue weighted by molar-refractivity contribution is 7.13. The number of aromatic nitrogens is 3. The SMILES string of the molecule is CCCNc1nc(-c2cncs2)nc(CC)c1C. The van der Waals surface area contributed by atoms with Crippen LogP contribution in [0.15, 0.2) is 11.7 Å². The molecule has 96 valence electrons. The molecule has 0 spiro atoms. The van der Waals surface area contributed by atoms with Gasteiger partial charge >= 0.3 is 0 Å². The molecular weight excluding hydrogens is 244 g/mol. The van der Waals surface area contributed by atoms with Crippen molar-refractivity contribution in [3.05, 3.63) is 23.0 Å². The van der Waals surface area contributed by atoms with Crippen molar-refractivity contribution in [3.8, 4) is 10.7 Å². The van der Waals surface area contributed by atoms with Crippen LogP contribution in [0.25, 0.3) is 10.7 Å². The van der Waals surface area contributed by atoms with Crippen LogP contribution in [0.5, 0.6) is 0 Å². The number of aryl methyl sites for hydroxylation is 1. The number of anilines is 1. The van der Waals surface area contributed by atoms with Crippen molar-refractivity contribution in [2.24, 2.45) is 0 Å². The van der Waals surface area contributed by atoms with E-state index in [9.17, 15) is 0 Å². The quantitative estimate of drug-likeness (QED) is 0.898. The summed E-state index contributed by atoms with van der Waals surface area (Å²) in [4.78, 5) is 14.3. The molecule has 0 saturated heterocycles. The minimum Gasteiger partial charge on any atom is -0.370 e. The first-order valence-corrected chi connectivity index (χ1v) is 7.14. The molecule has 0 unspecified atom stereocenters. The van der Waals surface area contributed by atoms with Gasteiger partial charge in [-0.05, 0) is 19.8 Å². The Labute approximate surface area is 112 Å². The molecule has 0 aromatic carbocycles. The van der Waals surface area contributed by atoms with Crippen LogP contribution in [0, 0.1) is 6.92 Å². The third-order valence-electron chi connectivity index (χ3n) is 2.78. The molecule has 4 nitrogen and oxygen atoms in total. The molecule has 0 saturated carbocycles. The monoisotopic (exact) mass is 262 g/mol. The molecule has 2 rings (SSSR count). The highest BCUT2D eigenvalue weighted by Gasteiger charge is 2.11. The van der Waals surface area contributed by atoms with Gasteiger partial charge in [-0.2, -0.15) is 0 Å². The van der Waals surface area contributed by atoms with E-state index in [1.54, 1.807) is 11.3 Å². The van der Waals surface area contributed by atoms with E-state index < -0.39 is 0 Å². The molecule has 0 radical (unpaired) electrons. The van der Waals surface area contributed by atoms with Crippen molar-refractivity contribution in [1.82, 2.24) is 15.0 Å². The second-order valence-electron chi connectivity index (χ2n) is 4.11. The summed E-state index contributed by atoms with van der Waals surface area (Å²) in [7, 11) is 0. The molecule has 2 heterocycles. The highest BCUT2D eigenvalue weighted by atomic mass is 32.1. The zero-order valence-electron chi connectivity index (χ0n) is 11.0. The third kappa shape index (κ3) is 2.67. The van der Waals surface area contributed by atoms with Gasteiger partial charge in [0.15, 0.2) is 5.82 Å². The van der Waals surface area contributed by atoms with Crippen LogP contribution in [0.1, 0.15) is 31.5 Å². The first kappa shape index (κ1) is 13.0. The number of thiazole rings is 1. The van der Waals surface area contributed by atoms with Crippen LogP contribution in [0.3, 0.4) is 0 Å². The number of hydrogen-bond acceptors (Lipinski definition) is 5. The number of nitrogens with one attached hydrogen (secondary N) is 1. The predicted octanol–water partition coefficient (Wildman–Crippen LogP) is 3.29. The molecule has 0 aliphatic carbocycles. The van der Waals surface area contributed by atoms with Crippen LogP contribution >= 0.6 is 11.3 Å². The smallest absolute Gasteiger partial charge is 0.173 e. The van der Waals surface area contributed by atoms with Crippen LogP contribution in [-0.2, 0) is 6.42 Å². The van der Waals surface area contributed by atoms with Gasteiger partial charge in [-0.1, -0.05) is 13.8 Å². The normalized spacial score (nSPS) is 10.6. The topological polar surface area (TPSA) is 50.7 Å². The van der Waals surface area contributed by atoms with Crippen LogP contribution in [0.2, 0.25) is 0 Å². The fraction of sp³-hybridized carbons (Fsp3) is 0.462. The van der Waals surface area contributed by atoms with Crippen LogP contribution in [-0.4, -0.2) is 21.5 Å². The summed E-state index contributed by atoms with van der Waals surface area (Å²) in [6.45, 7) is 7.28. The summed E-state index contributed by atoms with van der Waals surface area (Å²) in [5.74, 6) is 1.73. The maximum atomic E-state index is 4.62. The number of rotatable bonds is 5. The summed E-state index contributed by atoms with van der Waals surface area (Å²) in [6, 6.07) is 0. The molecule has 0 amide bonds. The fourth-order valence-corrected chi connectivity index (χ4v) is 2.31. The average molecular weight is 262 g/mol. The first-order valence-electron chi connectivity index (χ1n) is 6.26. The number of nitrogens with zero attached hydrogens (tertiary/aromatic N) is 3.